The molecule has 1 N–H and O–H groups in total. The molecule has 7 heteroatoms. The van der Waals surface area contributed by atoms with Gasteiger partial charge in [0.1, 0.15) is 5.75 Å². The molecule has 0 radical (unpaired) electrons. The van der Waals surface area contributed by atoms with E-state index < -0.39 is 0 Å². The Hall–Kier alpha value is -3.74. The first-order valence-electron chi connectivity index (χ1n) is 10.7. The number of piperidine rings is 1. The minimum atomic E-state index is -0.0869. The van der Waals surface area contributed by atoms with Gasteiger partial charge in [-0.2, -0.15) is 0 Å². The van der Waals surface area contributed by atoms with Gasteiger partial charge >= 0.3 is 0 Å². The maximum atomic E-state index is 12.7. The van der Waals surface area contributed by atoms with E-state index >= 15 is 0 Å². The molecule has 1 aliphatic rings. The van der Waals surface area contributed by atoms with Crippen molar-refractivity contribution in [2.24, 2.45) is 5.92 Å². The van der Waals surface area contributed by atoms with E-state index in [0.29, 0.717) is 48.9 Å². The van der Waals surface area contributed by atoms with Gasteiger partial charge in [0, 0.05) is 42.7 Å². The van der Waals surface area contributed by atoms with Crippen LogP contribution in [0.1, 0.15) is 35.7 Å². The molecule has 1 fully saturated rings. The molecule has 3 aromatic rings. The Morgan fingerprint density at radius 3 is 2.38 bits per heavy atom. The molecule has 2 aromatic carbocycles. The number of hydrogen-bond acceptors (Lipinski definition) is 6. The average Bonchev–Trinajstić information content (AvgIpc) is 2.81. The zero-order chi connectivity index (χ0) is 22.5. The number of Topliss-reactive ketones (excluding diaryl/α,β-unsaturated/α-hetero) is 1. The van der Waals surface area contributed by atoms with Gasteiger partial charge in [0.2, 0.25) is 5.91 Å². The summed E-state index contributed by atoms with van der Waals surface area (Å²) in [7, 11) is 0. The maximum absolute atomic E-state index is 12.7. The standard InChI is InChI=1S/C25H26N4O3/c1-17-5-3-4-6-22(17)32-25-23(26-13-14-27-25)29-15-11-20(12-16-29)24(31)28-21-9-7-19(8-10-21)18(2)30/h3-10,13-14,20H,11-12,15-16H2,1-2H3,(H,28,31). The van der Waals surface area contributed by atoms with Gasteiger partial charge in [0.25, 0.3) is 5.88 Å². The lowest BCUT2D eigenvalue weighted by Crippen LogP contribution is -2.38. The highest BCUT2D eigenvalue weighted by atomic mass is 16.5. The number of para-hydroxylation sites is 1. The van der Waals surface area contributed by atoms with E-state index in [2.05, 4.69) is 20.2 Å². The summed E-state index contributed by atoms with van der Waals surface area (Å²) in [5.74, 6) is 1.82. The lowest BCUT2D eigenvalue weighted by atomic mass is 9.95. The molecule has 32 heavy (non-hydrogen) atoms. The highest BCUT2D eigenvalue weighted by Crippen LogP contribution is 2.32. The zero-order valence-electron chi connectivity index (χ0n) is 18.2. The van der Waals surface area contributed by atoms with Gasteiger partial charge in [0.05, 0.1) is 0 Å². The molecule has 1 amide bonds. The molecule has 0 unspecified atom stereocenters. The molecule has 0 atom stereocenters. The van der Waals surface area contributed by atoms with Crippen LogP contribution >= 0.6 is 0 Å². The largest absolute Gasteiger partial charge is 0.436 e. The molecule has 1 saturated heterocycles. The molecule has 0 saturated carbocycles. The van der Waals surface area contributed by atoms with Crippen LogP contribution in [0, 0.1) is 12.8 Å². The van der Waals surface area contributed by atoms with E-state index in [1.54, 1.807) is 36.7 Å². The van der Waals surface area contributed by atoms with Gasteiger partial charge < -0.3 is 15.0 Å². The molecule has 0 spiro atoms. The number of aromatic nitrogens is 2. The Bertz CT molecular complexity index is 1110. The van der Waals surface area contributed by atoms with E-state index in [9.17, 15) is 9.59 Å². The molecular formula is C25H26N4O3. The summed E-state index contributed by atoms with van der Waals surface area (Å²) in [6, 6.07) is 14.8. The van der Waals surface area contributed by atoms with Crippen molar-refractivity contribution in [3.8, 4) is 11.6 Å². The van der Waals surface area contributed by atoms with E-state index in [-0.39, 0.29) is 17.6 Å². The van der Waals surface area contributed by atoms with Gasteiger partial charge in [0.15, 0.2) is 11.6 Å². The number of ketones is 1. The Balaban J connectivity index is 1.38. The number of nitrogens with zero attached hydrogens (tertiary/aromatic N) is 3. The van der Waals surface area contributed by atoms with E-state index in [1.807, 2.05) is 31.2 Å². The molecule has 164 valence electrons. The molecular weight excluding hydrogens is 404 g/mol. The molecule has 4 rings (SSSR count). The number of hydrogen-bond donors (Lipinski definition) is 1. The second kappa shape index (κ2) is 9.60. The Morgan fingerprint density at radius 1 is 1.00 bits per heavy atom. The highest BCUT2D eigenvalue weighted by Gasteiger charge is 2.27. The van der Waals surface area contributed by atoms with Crippen LogP contribution in [0.2, 0.25) is 0 Å². The van der Waals surface area contributed by atoms with Gasteiger partial charge in [-0.15, -0.1) is 0 Å². The van der Waals surface area contributed by atoms with E-state index in [4.69, 9.17) is 4.74 Å². The van der Waals surface area contributed by atoms with Crippen LogP contribution in [-0.2, 0) is 4.79 Å². The minimum absolute atomic E-state index is 0.00393. The molecule has 0 bridgehead atoms. The summed E-state index contributed by atoms with van der Waals surface area (Å²) in [5, 5.41) is 2.96. The number of anilines is 2. The van der Waals surface area contributed by atoms with Crippen LogP contribution in [-0.4, -0.2) is 34.7 Å². The Morgan fingerprint density at radius 2 is 1.69 bits per heavy atom. The third-order valence-corrected chi connectivity index (χ3v) is 5.67. The fraction of sp³-hybridized carbons (Fsp3) is 0.280. The average molecular weight is 431 g/mol. The third kappa shape index (κ3) is 4.94. The first kappa shape index (κ1) is 21.5. The Labute approximate surface area is 187 Å². The van der Waals surface area contributed by atoms with E-state index in [0.717, 1.165) is 11.3 Å². The zero-order valence-corrected chi connectivity index (χ0v) is 18.2. The fourth-order valence-electron chi connectivity index (χ4n) is 3.77. The van der Waals surface area contributed by atoms with Crippen LogP contribution in [0.5, 0.6) is 11.6 Å². The lowest BCUT2D eigenvalue weighted by molar-refractivity contribution is -0.120. The molecule has 1 aromatic heterocycles. The maximum Gasteiger partial charge on any atom is 0.263 e. The number of amides is 1. The van der Waals surface area contributed by atoms with Crippen molar-refractivity contribution in [2.75, 3.05) is 23.3 Å². The SMILES string of the molecule is CC(=O)c1ccc(NC(=O)C2CCN(c3nccnc3Oc3ccccc3C)CC2)cc1. The topological polar surface area (TPSA) is 84.4 Å². The third-order valence-electron chi connectivity index (χ3n) is 5.67. The second-order valence-corrected chi connectivity index (χ2v) is 7.94. The van der Waals surface area contributed by atoms with Gasteiger partial charge in [-0.3, -0.25) is 9.59 Å². The number of nitrogens with one attached hydrogen (secondary N) is 1. The van der Waals surface area contributed by atoms with Crippen molar-refractivity contribution in [2.45, 2.75) is 26.7 Å². The van der Waals surface area contributed by atoms with Crippen LogP contribution in [0.4, 0.5) is 11.5 Å². The monoisotopic (exact) mass is 430 g/mol. The summed E-state index contributed by atoms with van der Waals surface area (Å²) in [5.41, 5.74) is 2.35. The van der Waals surface area contributed by atoms with Crippen molar-refractivity contribution in [3.63, 3.8) is 0 Å². The van der Waals surface area contributed by atoms with Crippen molar-refractivity contribution >= 4 is 23.2 Å². The first-order valence-corrected chi connectivity index (χ1v) is 10.7. The number of benzene rings is 2. The summed E-state index contributed by atoms with van der Waals surface area (Å²) in [6.07, 6.45) is 4.69. The predicted octanol–water partition coefficient (Wildman–Crippen LogP) is 4.64. The molecule has 7 nitrogen and oxygen atoms in total. The number of carbonyl (C=O) groups excluding carboxylic acids is 2. The lowest BCUT2D eigenvalue weighted by Gasteiger charge is -2.32. The van der Waals surface area contributed by atoms with Crippen LogP contribution in [0.25, 0.3) is 0 Å². The van der Waals surface area contributed by atoms with Crippen LogP contribution in [0.3, 0.4) is 0 Å². The van der Waals surface area contributed by atoms with Crippen molar-refractivity contribution in [1.29, 1.82) is 0 Å². The first-order chi connectivity index (χ1) is 15.5. The molecule has 0 aliphatic carbocycles. The fourth-order valence-corrected chi connectivity index (χ4v) is 3.77. The van der Waals surface area contributed by atoms with Crippen LogP contribution in [0.15, 0.2) is 60.9 Å². The van der Waals surface area contributed by atoms with Crippen molar-refractivity contribution < 1.29 is 14.3 Å². The van der Waals surface area contributed by atoms with Gasteiger partial charge in [-0.1, -0.05) is 18.2 Å². The molecule has 1 aliphatic heterocycles. The smallest absolute Gasteiger partial charge is 0.263 e. The highest BCUT2D eigenvalue weighted by molar-refractivity contribution is 5.96. The van der Waals surface area contributed by atoms with Crippen molar-refractivity contribution in [3.05, 3.63) is 72.1 Å². The van der Waals surface area contributed by atoms with Crippen molar-refractivity contribution in [1.82, 2.24) is 9.97 Å². The second-order valence-electron chi connectivity index (χ2n) is 7.94. The summed E-state index contributed by atoms with van der Waals surface area (Å²) in [6.45, 7) is 4.88. The van der Waals surface area contributed by atoms with Gasteiger partial charge in [-0.25, -0.2) is 9.97 Å². The summed E-state index contributed by atoms with van der Waals surface area (Å²) in [4.78, 5) is 35.1. The van der Waals surface area contributed by atoms with E-state index in [1.165, 1.54) is 6.92 Å². The summed E-state index contributed by atoms with van der Waals surface area (Å²) < 4.78 is 6.05. The predicted molar refractivity (Wildman–Crippen MR) is 123 cm³/mol. The Kier molecular flexibility index (Phi) is 6.44. The summed E-state index contributed by atoms with van der Waals surface area (Å²) >= 11 is 0. The number of rotatable bonds is 6. The number of aryl methyl sites for hydroxylation is 1. The van der Waals surface area contributed by atoms with Gasteiger partial charge in [-0.05, 0) is 62.6 Å². The number of ether oxygens (including phenoxy) is 1. The number of carbonyl (C=O) groups is 2. The minimum Gasteiger partial charge on any atom is -0.436 e. The quantitative estimate of drug-likeness (QED) is 0.574. The van der Waals surface area contributed by atoms with Crippen LogP contribution < -0.4 is 15.0 Å². The molecule has 2 heterocycles. The normalized spacial score (nSPS) is 14.1.